The molecule has 1 fully saturated rings. The fraction of sp³-hybridized carbons (Fsp3) is 0.444. The second kappa shape index (κ2) is 5.55. The number of hydrogen-bond acceptors (Lipinski definition) is 2. The van der Waals surface area contributed by atoms with Crippen molar-refractivity contribution in [3.05, 3.63) is 48.0 Å². The number of nitrogens with zero attached hydrogens (tertiary/aromatic N) is 1. The van der Waals surface area contributed by atoms with Gasteiger partial charge < -0.3 is 10.0 Å². The van der Waals surface area contributed by atoms with Gasteiger partial charge in [-0.2, -0.15) is 0 Å². The molecule has 2 aromatic rings. The third kappa shape index (κ3) is 2.87. The van der Waals surface area contributed by atoms with Gasteiger partial charge in [0.15, 0.2) is 0 Å². The lowest BCUT2D eigenvalue weighted by molar-refractivity contribution is 0.165. The lowest BCUT2D eigenvalue weighted by Crippen LogP contribution is -2.30. The third-order valence-corrected chi connectivity index (χ3v) is 4.54. The van der Waals surface area contributed by atoms with Gasteiger partial charge in [-0.05, 0) is 42.6 Å². The van der Waals surface area contributed by atoms with Crippen LogP contribution < -0.4 is 0 Å². The molecular formula is C18H23NO. The molecule has 0 amide bonds. The van der Waals surface area contributed by atoms with Crippen LogP contribution in [0.5, 0.6) is 0 Å². The molecule has 2 nitrogen and oxygen atoms in total. The van der Waals surface area contributed by atoms with Gasteiger partial charge in [-0.25, -0.2) is 0 Å². The first kappa shape index (κ1) is 13.6. The maximum absolute atomic E-state index is 9.41. The first-order chi connectivity index (χ1) is 9.72. The Hall–Kier alpha value is -1.38. The number of likely N-dealkylation sites (N-methyl/N-ethyl adjacent to an activating group) is 1. The highest BCUT2D eigenvalue weighted by molar-refractivity contribution is 5.85. The van der Waals surface area contributed by atoms with E-state index < -0.39 is 0 Å². The van der Waals surface area contributed by atoms with Crippen LogP contribution in [0.1, 0.15) is 18.4 Å². The van der Waals surface area contributed by atoms with Crippen molar-refractivity contribution in [1.29, 1.82) is 0 Å². The van der Waals surface area contributed by atoms with E-state index in [2.05, 4.69) is 54.4 Å². The van der Waals surface area contributed by atoms with Crippen LogP contribution >= 0.6 is 0 Å². The summed E-state index contributed by atoms with van der Waals surface area (Å²) in [6.45, 7) is 2.41. The van der Waals surface area contributed by atoms with Crippen molar-refractivity contribution in [2.75, 3.05) is 26.7 Å². The van der Waals surface area contributed by atoms with Crippen molar-refractivity contribution in [1.82, 2.24) is 4.90 Å². The van der Waals surface area contributed by atoms with Crippen LogP contribution in [0.15, 0.2) is 42.5 Å². The zero-order chi connectivity index (χ0) is 14.0. The van der Waals surface area contributed by atoms with Crippen LogP contribution in [0.3, 0.4) is 0 Å². The van der Waals surface area contributed by atoms with E-state index in [0.717, 1.165) is 19.5 Å². The summed E-state index contributed by atoms with van der Waals surface area (Å²) in [6, 6.07) is 15.1. The number of fused-ring (bicyclic) bond motifs is 1. The molecular weight excluding hydrogens is 246 g/mol. The predicted octanol–water partition coefficient (Wildman–Crippen LogP) is 3.09. The molecule has 3 rings (SSSR count). The minimum absolute atomic E-state index is 0.216. The Balaban J connectivity index is 1.65. The largest absolute Gasteiger partial charge is 0.396 e. The van der Waals surface area contributed by atoms with Gasteiger partial charge in [0.05, 0.1) is 0 Å². The Morgan fingerprint density at radius 2 is 1.85 bits per heavy atom. The summed E-state index contributed by atoms with van der Waals surface area (Å²) in [5.41, 5.74) is 1.64. The molecule has 0 spiro atoms. The van der Waals surface area contributed by atoms with Crippen LogP contribution in [-0.2, 0) is 6.42 Å². The highest BCUT2D eigenvalue weighted by Crippen LogP contribution is 2.45. The summed E-state index contributed by atoms with van der Waals surface area (Å²) >= 11 is 0. The average molecular weight is 269 g/mol. The summed E-state index contributed by atoms with van der Waals surface area (Å²) in [6.07, 6.45) is 3.43. The summed E-state index contributed by atoms with van der Waals surface area (Å²) in [5, 5.41) is 12.1. The fourth-order valence-corrected chi connectivity index (χ4v) is 3.02. The van der Waals surface area contributed by atoms with Gasteiger partial charge in [0.2, 0.25) is 0 Å². The Labute approximate surface area is 121 Å². The smallest absolute Gasteiger partial charge is 0.0499 e. The van der Waals surface area contributed by atoms with E-state index in [9.17, 15) is 5.11 Å². The predicted molar refractivity (Wildman–Crippen MR) is 83.9 cm³/mol. The zero-order valence-electron chi connectivity index (χ0n) is 12.2. The molecule has 0 radical (unpaired) electrons. The number of benzene rings is 2. The topological polar surface area (TPSA) is 23.5 Å². The Morgan fingerprint density at radius 3 is 2.60 bits per heavy atom. The molecule has 20 heavy (non-hydrogen) atoms. The fourth-order valence-electron chi connectivity index (χ4n) is 3.02. The quantitative estimate of drug-likeness (QED) is 0.871. The van der Waals surface area contributed by atoms with Gasteiger partial charge in [-0.15, -0.1) is 0 Å². The molecule has 0 saturated heterocycles. The monoisotopic (exact) mass is 269 g/mol. The maximum Gasteiger partial charge on any atom is 0.0499 e. The lowest BCUT2D eigenvalue weighted by Gasteiger charge is -2.22. The van der Waals surface area contributed by atoms with Crippen molar-refractivity contribution in [3.63, 3.8) is 0 Å². The van der Waals surface area contributed by atoms with Gasteiger partial charge in [0.1, 0.15) is 0 Å². The van der Waals surface area contributed by atoms with Crippen molar-refractivity contribution in [2.45, 2.75) is 19.3 Å². The summed E-state index contributed by atoms with van der Waals surface area (Å²) in [4.78, 5) is 2.37. The maximum atomic E-state index is 9.41. The molecule has 0 heterocycles. The molecule has 1 aliphatic carbocycles. The van der Waals surface area contributed by atoms with Crippen LogP contribution in [0.2, 0.25) is 0 Å². The number of aliphatic hydroxyl groups excluding tert-OH is 1. The van der Waals surface area contributed by atoms with Gasteiger partial charge in [0, 0.05) is 25.1 Å². The Bertz CT molecular complexity index is 583. The molecule has 0 aliphatic heterocycles. The van der Waals surface area contributed by atoms with E-state index in [0.29, 0.717) is 6.61 Å². The van der Waals surface area contributed by atoms with Gasteiger partial charge in [0.25, 0.3) is 0 Å². The summed E-state index contributed by atoms with van der Waals surface area (Å²) < 4.78 is 0. The normalized spacial score (nSPS) is 16.8. The zero-order valence-corrected chi connectivity index (χ0v) is 12.2. The first-order valence-electron chi connectivity index (χ1n) is 7.49. The van der Waals surface area contributed by atoms with Gasteiger partial charge in [-0.3, -0.25) is 0 Å². The molecule has 0 aromatic heterocycles. The summed E-state index contributed by atoms with van der Waals surface area (Å²) in [7, 11) is 2.17. The van der Waals surface area contributed by atoms with Crippen LogP contribution in [-0.4, -0.2) is 36.8 Å². The van der Waals surface area contributed by atoms with E-state index in [4.69, 9.17) is 0 Å². The molecule has 106 valence electrons. The SMILES string of the molecule is CN(CCc1cccc2ccccc12)CC1(CO)CC1. The molecule has 0 atom stereocenters. The van der Waals surface area contributed by atoms with E-state index in [-0.39, 0.29) is 5.41 Å². The highest BCUT2D eigenvalue weighted by atomic mass is 16.3. The van der Waals surface area contributed by atoms with Gasteiger partial charge >= 0.3 is 0 Å². The molecule has 1 saturated carbocycles. The first-order valence-corrected chi connectivity index (χ1v) is 7.49. The second-order valence-electron chi connectivity index (χ2n) is 6.28. The molecule has 2 heteroatoms. The Kier molecular flexibility index (Phi) is 3.77. The highest BCUT2D eigenvalue weighted by Gasteiger charge is 2.42. The van der Waals surface area contributed by atoms with Crippen molar-refractivity contribution < 1.29 is 5.11 Å². The minimum atomic E-state index is 0.216. The van der Waals surface area contributed by atoms with Gasteiger partial charge in [-0.1, -0.05) is 42.5 Å². The molecule has 0 unspecified atom stereocenters. The second-order valence-corrected chi connectivity index (χ2v) is 6.28. The number of rotatable bonds is 6. The number of hydrogen-bond donors (Lipinski definition) is 1. The van der Waals surface area contributed by atoms with E-state index in [1.807, 2.05) is 0 Å². The average Bonchev–Trinajstić information content (AvgIpc) is 3.25. The number of aliphatic hydroxyl groups is 1. The molecule has 2 aromatic carbocycles. The van der Waals surface area contributed by atoms with Crippen molar-refractivity contribution in [2.24, 2.45) is 5.41 Å². The van der Waals surface area contributed by atoms with Crippen LogP contribution in [0.4, 0.5) is 0 Å². The lowest BCUT2D eigenvalue weighted by atomic mass is 10.0. The van der Waals surface area contributed by atoms with Crippen LogP contribution in [0, 0.1) is 5.41 Å². The van der Waals surface area contributed by atoms with E-state index >= 15 is 0 Å². The molecule has 1 N–H and O–H groups in total. The van der Waals surface area contributed by atoms with Crippen LogP contribution in [0.25, 0.3) is 10.8 Å². The van der Waals surface area contributed by atoms with Crippen molar-refractivity contribution >= 4 is 10.8 Å². The van der Waals surface area contributed by atoms with E-state index in [1.165, 1.54) is 29.2 Å². The summed E-state index contributed by atoms with van der Waals surface area (Å²) in [5.74, 6) is 0. The molecule has 0 bridgehead atoms. The third-order valence-electron chi connectivity index (χ3n) is 4.54. The van der Waals surface area contributed by atoms with Crippen molar-refractivity contribution in [3.8, 4) is 0 Å². The Morgan fingerprint density at radius 1 is 1.10 bits per heavy atom. The van der Waals surface area contributed by atoms with E-state index in [1.54, 1.807) is 0 Å². The molecule has 1 aliphatic rings. The standard InChI is InChI=1S/C18H23NO/c1-19(13-18(14-20)10-11-18)12-9-16-7-4-6-15-5-2-3-8-17(15)16/h2-8,20H,9-14H2,1H3. The minimum Gasteiger partial charge on any atom is -0.396 e.